The fourth-order valence-electron chi connectivity index (χ4n) is 1.76. The van der Waals surface area contributed by atoms with Gasteiger partial charge in [-0.25, -0.2) is 0 Å². The van der Waals surface area contributed by atoms with Gasteiger partial charge in [-0.15, -0.1) is 0 Å². The molecule has 1 aliphatic heterocycles. The molecule has 5 heteroatoms. The van der Waals surface area contributed by atoms with Crippen molar-refractivity contribution in [1.29, 1.82) is 0 Å². The van der Waals surface area contributed by atoms with Crippen molar-refractivity contribution in [3.8, 4) is 5.75 Å². The van der Waals surface area contributed by atoms with E-state index in [-0.39, 0.29) is 18.4 Å². The van der Waals surface area contributed by atoms with Crippen LogP contribution in [0.1, 0.15) is 11.7 Å². The molecule has 1 atom stereocenters. The zero-order chi connectivity index (χ0) is 13.0. The van der Waals surface area contributed by atoms with Crippen LogP contribution in [0.25, 0.3) is 0 Å². The van der Waals surface area contributed by atoms with Crippen LogP contribution in [0.2, 0.25) is 0 Å². The van der Waals surface area contributed by atoms with Gasteiger partial charge in [0.25, 0.3) is 0 Å². The first kappa shape index (κ1) is 12.9. The van der Waals surface area contributed by atoms with Gasteiger partial charge in [-0.2, -0.15) is 0 Å². The van der Waals surface area contributed by atoms with Crippen molar-refractivity contribution in [2.45, 2.75) is 6.10 Å². The highest BCUT2D eigenvalue weighted by Crippen LogP contribution is 2.17. The number of amides is 1. The summed E-state index contributed by atoms with van der Waals surface area (Å²) in [6.45, 7) is 1.69. The first-order chi connectivity index (χ1) is 8.70. The molecule has 0 radical (unpaired) electrons. The molecule has 18 heavy (non-hydrogen) atoms. The van der Waals surface area contributed by atoms with Crippen LogP contribution in [0.5, 0.6) is 5.75 Å². The molecule has 1 amide bonds. The topological polar surface area (TPSA) is 70.6 Å². The SMILES string of the molecule is COc1ccc(C(O)CNC(=O)C2CNC2)cc1. The summed E-state index contributed by atoms with van der Waals surface area (Å²) in [6.07, 6.45) is -0.687. The number of nitrogens with one attached hydrogen (secondary N) is 2. The van der Waals surface area contributed by atoms with Crippen LogP contribution in [-0.2, 0) is 4.79 Å². The summed E-state index contributed by atoms with van der Waals surface area (Å²) < 4.78 is 5.04. The second kappa shape index (κ2) is 5.84. The quantitative estimate of drug-likeness (QED) is 0.691. The molecule has 0 saturated carbocycles. The van der Waals surface area contributed by atoms with E-state index in [1.54, 1.807) is 31.4 Å². The van der Waals surface area contributed by atoms with Crippen LogP contribution in [0.15, 0.2) is 24.3 Å². The highest BCUT2D eigenvalue weighted by atomic mass is 16.5. The van der Waals surface area contributed by atoms with Crippen LogP contribution in [0.3, 0.4) is 0 Å². The fourth-order valence-corrected chi connectivity index (χ4v) is 1.76. The van der Waals surface area contributed by atoms with E-state index >= 15 is 0 Å². The Balaban J connectivity index is 1.82. The average Bonchev–Trinajstić information content (AvgIpc) is 2.34. The van der Waals surface area contributed by atoms with Crippen molar-refractivity contribution < 1.29 is 14.6 Å². The monoisotopic (exact) mass is 250 g/mol. The highest BCUT2D eigenvalue weighted by molar-refractivity contribution is 5.80. The van der Waals surface area contributed by atoms with Gasteiger partial charge in [0, 0.05) is 19.6 Å². The molecule has 0 bridgehead atoms. The number of carbonyl (C=O) groups excluding carboxylic acids is 1. The lowest BCUT2D eigenvalue weighted by molar-refractivity contribution is -0.126. The predicted molar refractivity (Wildman–Crippen MR) is 67.3 cm³/mol. The third kappa shape index (κ3) is 3.00. The molecule has 5 nitrogen and oxygen atoms in total. The van der Waals surface area contributed by atoms with Gasteiger partial charge in [-0.05, 0) is 17.7 Å². The molecule has 98 valence electrons. The second-order valence-corrected chi connectivity index (χ2v) is 4.39. The Kier molecular flexibility index (Phi) is 4.17. The van der Waals surface area contributed by atoms with E-state index in [9.17, 15) is 9.90 Å². The molecule has 1 aromatic rings. The number of rotatable bonds is 5. The van der Waals surface area contributed by atoms with E-state index in [0.717, 1.165) is 24.4 Å². The van der Waals surface area contributed by atoms with E-state index in [2.05, 4.69) is 10.6 Å². The third-order valence-electron chi connectivity index (χ3n) is 3.12. The third-order valence-corrected chi connectivity index (χ3v) is 3.12. The molecule has 1 heterocycles. The summed E-state index contributed by atoms with van der Waals surface area (Å²) >= 11 is 0. The maximum absolute atomic E-state index is 11.6. The number of methoxy groups -OCH3 is 1. The lowest BCUT2D eigenvalue weighted by Gasteiger charge is -2.26. The van der Waals surface area contributed by atoms with Gasteiger partial charge in [0.2, 0.25) is 5.91 Å². The van der Waals surface area contributed by atoms with Gasteiger partial charge >= 0.3 is 0 Å². The molecule has 3 N–H and O–H groups in total. The molecule has 1 fully saturated rings. The van der Waals surface area contributed by atoms with Gasteiger partial charge in [0.05, 0.1) is 19.1 Å². The second-order valence-electron chi connectivity index (χ2n) is 4.39. The molecule has 0 aromatic heterocycles. The number of hydrogen-bond donors (Lipinski definition) is 3. The van der Waals surface area contributed by atoms with Crippen molar-refractivity contribution in [2.75, 3.05) is 26.7 Å². The normalized spacial score (nSPS) is 16.8. The van der Waals surface area contributed by atoms with Crippen molar-refractivity contribution in [3.05, 3.63) is 29.8 Å². The van der Waals surface area contributed by atoms with Crippen molar-refractivity contribution >= 4 is 5.91 Å². The van der Waals surface area contributed by atoms with Gasteiger partial charge in [-0.1, -0.05) is 12.1 Å². The highest BCUT2D eigenvalue weighted by Gasteiger charge is 2.24. The van der Waals surface area contributed by atoms with E-state index in [0.29, 0.717) is 0 Å². The predicted octanol–water partition coefficient (Wildman–Crippen LogP) is 0.0642. The van der Waals surface area contributed by atoms with Gasteiger partial charge < -0.3 is 20.5 Å². The Morgan fingerprint density at radius 3 is 2.67 bits per heavy atom. The average molecular weight is 250 g/mol. The Bertz CT molecular complexity index is 401. The zero-order valence-electron chi connectivity index (χ0n) is 10.3. The summed E-state index contributed by atoms with van der Waals surface area (Å²) in [4.78, 5) is 11.6. The van der Waals surface area contributed by atoms with Crippen LogP contribution in [0.4, 0.5) is 0 Å². The molecule has 1 saturated heterocycles. The summed E-state index contributed by atoms with van der Waals surface area (Å²) in [6, 6.07) is 7.16. The summed E-state index contributed by atoms with van der Waals surface area (Å²) in [5.41, 5.74) is 0.767. The lowest BCUT2D eigenvalue weighted by atomic mass is 10.0. The maximum atomic E-state index is 11.6. The van der Waals surface area contributed by atoms with E-state index in [1.807, 2.05) is 0 Å². The summed E-state index contributed by atoms with van der Waals surface area (Å²) in [7, 11) is 1.60. The van der Waals surface area contributed by atoms with Crippen molar-refractivity contribution in [1.82, 2.24) is 10.6 Å². The Hall–Kier alpha value is -1.59. The van der Waals surface area contributed by atoms with Gasteiger partial charge in [0.15, 0.2) is 0 Å². The molecule has 1 unspecified atom stereocenters. The van der Waals surface area contributed by atoms with Crippen LogP contribution in [0, 0.1) is 5.92 Å². The Morgan fingerprint density at radius 1 is 1.50 bits per heavy atom. The molecule has 2 rings (SSSR count). The number of hydrogen-bond acceptors (Lipinski definition) is 4. The number of carbonyl (C=O) groups is 1. The minimum atomic E-state index is -0.687. The van der Waals surface area contributed by atoms with Crippen LogP contribution >= 0.6 is 0 Å². The van der Waals surface area contributed by atoms with Gasteiger partial charge in [-0.3, -0.25) is 4.79 Å². The minimum Gasteiger partial charge on any atom is -0.497 e. The summed E-state index contributed by atoms with van der Waals surface area (Å²) in [5, 5.41) is 15.7. The fraction of sp³-hybridized carbons (Fsp3) is 0.462. The first-order valence-electron chi connectivity index (χ1n) is 6.01. The first-order valence-corrected chi connectivity index (χ1v) is 6.01. The molecular formula is C13H18N2O3. The standard InChI is InChI=1S/C13H18N2O3/c1-18-11-4-2-9(3-5-11)12(16)8-15-13(17)10-6-14-7-10/h2-5,10,12,14,16H,6-8H2,1H3,(H,15,17). The maximum Gasteiger partial charge on any atom is 0.225 e. The number of aliphatic hydroxyl groups excluding tert-OH is 1. The number of ether oxygens (including phenoxy) is 1. The Morgan fingerprint density at radius 2 is 2.17 bits per heavy atom. The molecular weight excluding hydrogens is 232 g/mol. The molecule has 0 spiro atoms. The molecule has 0 aliphatic carbocycles. The minimum absolute atomic E-state index is 0.00121. The van der Waals surface area contributed by atoms with E-state index in [1.165, 1.54) is 0 Å². The summed E-state index contributed by atoms with van der Waals surface area (Å²) in [5.74, 6) is 0.796. The van der Waals surface area contributed by atoms with Crippen LogP contribution < -0.4 is 15.4 Å². The smallest absolute Gasteiger partial charge is 0.225 e. The zero-order valence-corrected chi connectivity index (χ0v) is 10.3. The van der Waals surface area contributed by atoms with E-state index in [4.69, 9.17) is 4.74 Å². The number of benzene rings is 1. The van der Waals surface area contributed by atoms with Crippen molar-refractivity contribution in [3.63, 3.8) is 0 Å². The van der Waals surface area contributed by atoms with Crippen molar-refractivity contribution in [2.24, 2.45) is 5.92 Å². The van der Waals surface area contributed by atoms with Gasteiger partial charge in [0.1, 0.15) is 5.75 Å². The lowest BCUT2D eigenvalue weighted by Crippen LogP contribution is -2.51. The molecule has 1 aromatic carbocycles. The number of aliphatic hydroxyl groups is 1. The molecule has 1 aliphatic rings. The van der Waals surface area contributed by atoms with E-state index < -0.39 is 6.10 Å². The largest absolute Gasteiger partial charge is 0.497 e. The Labute approximate surface area is 106 Å². The van der Waals surface area contributed by atoms with Crippen LogP contribution in [-0.4, -0.2) is 37.8 Å².